The van der Waals surface area contributed by atoms with Gasteiger partial charge in [-0.25, -0.2) is 4.98 Å². The van der Waals surface area contributed by atoms with Gasteiger partial charge in [0.25, 0.3) is 0 Å². The molecule has 0 amide bonds. The number of rotatable bonds is 14. The van der Waals surface area contributed by atoms with Crippen LogP contribution in [-0.2, 0) is 17.6 Å². The molecule has 1 atom stereocenters. The Morgan fingerprint density at radius 2 is 1.91 bits per heavy atom. The number of aryl methyl sites for hydroxylation is 1. The van der Waals surface area contributed by atoms with Crippen LogP contribution < -0.4 is 9.47 Å². The molecule has 1 N–H and O–H groups in total. The number of aromatic nitrogens is 1. The van der Waals surface area contributed by atoms with Gasteiger partial charge in [0.1, 0.15) is 17.8 Å². The molecule has 1 heterocycles. The first-order valence-electron chi connectivity index (χ1n) is 11.7. The summed E-state index contributed by atoms with van der Waals surface area (Å²) >= 11 is 0. The molecule has 1 unspecified atom stereocenters. The minimum atomic E-state index is -0.818. The third-order valence-electron chi connectivity index (χ3n) is 5.60. The van der Waals surface area contributed by atoms with Crippen LogP contribution in [0.2, 0.25) is 0 Å². The number of oxazole rings is 1. The number of nitrogens with zero attached hydrogens (tertiary/aromatic N) is 1. The Labute approximate surface area is 195 Å². The highest BCUT2D eigenvalue weighted by Gasteiger charge is 2.12. The number of carboxylic acid groups (broad SMARTS) is 1. The fraction of sp³-hybridized carbons (Fsp3) is 0.407. The molecule has 1 aromatic heterocycles. The number of hydrogen-bond donors (Lipinski definition) is 1. The summed E-state index contributed by atoms with van der Waals surface area (Å²) in [7, 11) is 0. The van der Waals surface area contributed by atoms with Crippen LogP contribution in [0.4, 0.5) is 0 Å². The highest BCUT2D eigenvalue weighted by molar-refractivity contribution is 5.67. The standard InChI is InChI=1S/C27H33NO5/c1-3-8-20(4-2)18-32-25-17-24(13-11-21(25)12-14-26(29)30)31-16-15-23-19-33-27(28-23)22-9-6-5-7-10-22/h5-7,9-11,13,17,19-20H,3-4,8,12,14-16,18H2,1-2H3,(H,29,30). The van der Waals surface area contributed by atoms with Crippen LogP contribution in [0.25, 0.3) is 11.5 Å². The Morgan fingerprint density at radius 1 is 1.09 bits per heavy atom. The lowest BCUT2D eigenvalue weighted by atomic mass is 10.0. The van der Waals surface area contributed by atoms with Gasteiger partial charge >= 0.3 is 5.97 Å². The summed E-state index contributed by atoms with van der Waals surface area (Å²) < 4.78 is 17.7. The second-order valence-electron chi connectivity index (χ2n) is 8.15. The van der Waals surface area contributed by atoms with E-state index in [-0.39, 0.29) is 6.42 Å². The predicted octanol–water partition coefficient (Wildman–Crippen LogP) is 6.19. The van der Waals surface area contributed by atoms with Crippen molar-refractivity contribution in [2.45, 2.75) is 52.4 Å². The number of ether oxygens (including phenoxy) is 2. The topological polar surface area (TPSA) is 81.8 Å². The van der Waals surface area contributed by atoms with E-state index in [9.17, 15) is 4.79 Å². The summed E-state index contributed by atoms with van der Waals surface area (Å²) in [6.07, 6.45) is 6.05. The van der Waals surface area contributed by atoms with Crippen LogP contribution in [-0.4, -0.2) is 29.3 Å². The molecule has 6 nitrogen and oxygen atoms in total. The van der Waals surface area contributed by atoms with Gasteiger partial charge in [0.05, 0.1) is 18.9 Å². The van der Waals surface area contributed by atoms with E-state index in [1.165, 1.54) is 0 Å². The van der Waals surface area contributed by atoms with Gasteiger partial charge in [0, 0.05) is 24.5 Å². The Morgan fingerprint density at radius 3 is 2.64 bits per heavy atom. The molecule has 3 rings (SSSR count). The molecule has 33 heavy (non-hydrogen) atoms. The molecule has 6 heteroatoms. The van der Waals surface area contributed by atoms with Gasteiger partial charge < -0.3 is 19.0 Å². The highest BCUT2D eigenvalue weighted by Crippen LogP contribution is 2.28. The van der Waals surface area contributed by atoms with E-state index in [1.807, 2.05) is 48.5 Å². The van der Waals surface area contributed by atoms with Crippen LogP contribution in [0.15, 0.2) is 59.2 Å². The summed E-state index contributed by atoms with van der Waals surface area (Å²) in [5.74, 6) is 1.66. The SMILES string of the molecule is CCCC(CC)COc1cc(OCCc2coc(-c3ccccc3)n2)ccc1CCC(=O)O. The highest BCUT2D eigenvalue weighted by atomic mass is 16.5. The second-order valence-corrected chi connectivity index (χ2v) is 8.15. The lowest BCUT2D eigenvalue weighted by Gasteiger charge is -2.18. The monoisotopic (exact) mass is 451 g/mol. The first-order chi connectivity index (χ1) is 16.1. The average Bonchev–Trinajstić information content (AvgIpc) is 3.30. The summed E-state index contributed by atoms with van der Waals surface area (Å²) in [5.41, 5.74) is 2.66. The van der Waals surface area contributed by atoms with Crippen molar-refractivity contribution in [3.63, 3.8) is 0 Å². The maximum absolute atomic E-state index is 11.0. The molecule has 0 bridgehead atoms. The molecule has 0 aliphatic carbocycles. The van der Waals surface area contributed by atoms with Crippen molar-refractivity contribution in [2.24, 2.45) is 5.92 Å². The number of aliphatic carboxylic acids is 1. The first kappa shape index (κ1) is 24.4. The summed E-state index contributed by atoms with van der Waals surface area (Å²) in [4.78, 5) is 15.6. The minimum absolute atomic E-state index is 0.0681. The zero-order valence-electron chi connectivity index (χ0n) is 19.5. The Kier molecular flexibility index (Phi) is 9.36. The van der Waals surface area contributed by atoms with Crippen LogP contribution in [0.3, 0.4) is 0 Å². The smallest absolute Gasteiger partial charge is 0.303 e. The lowest BCUT2D eigenvalue weighted by molar-refractivity contribution is -0.136. The van der Waals surface area contributed by atoms with Gasteiger partial charge in [-0.3, -0.25) is 4.79 Å². The number of carboxylic acids is 1. The average molecular weight is 452 g/mol. The Hall–Kier alpha value is -3.28. The maximum atomic E-state index is 11.0. The van der Waals surface area contributed by atoms with E-state index in [1.54, 1.807) is 6.26 Å². The van der Waals surface area contributed by atoms with Crippen molar-refractivity contribution >= 4 is 5.97 Å². The van der Waals surface area contributed by atoms with Crippen LogP contribution >= 0.6 is 0 Å². The first-order valence-corrected chi connectivity index (χ1v) is 11.7. The van der Waals surface area contributed by atoms with Gasteiger partial charge in [-0.05, 0) is 42.5 Å². The molecule has 176 valence electrons. The van der Waals surface area contributed by atoms with E-state index >= 15 is 0 Å². The van der Waals surface area contributed by atoms with Crippen molar-refractivity contribution in [3.05, 3.63) is 66.1 Å². The van der Waals surface area contributed by atoms with E-state index < -0.39 is 5.97 Å². The molecule has 0 spiro atoms. The molecule has 3 aromatic rings. The zero-order chi connectivity index (χ0) is 23.5. The predicted molar refractivity (Wildman–Crippen MR) is 128 cm³/mol. The Bertz CT molecular complexity index is 999. The van der Waals surface area contributed by atoms with Crippen LogP contribution in [0, 0.1) is 5.92 Å². The van der Waals surface area contributed by atoms with Crippen LogP contribution in [0.5, 0.6) is 11.5 Å². The molecule has 0 saturated heterocycles. The molecule has 0 aliphatic rings. The number of carbonyl (C=O) groups is 1. The van der Waals surface area contributed by atoms with Crippen molar-refractivity contribution < 1.29 is 23.8 Å². The van der Waals surface area contributed by atoms with E-state index in [2.05, 4.69) is 18.8 Å². The van der Waals surface area contributed by atoms with Crippen molar-refractivity contribution in [1.82, 2.24) is 4.98 Å². The molecular formula is C27H33NO5. The Balaban J connectivity index is 1.61. The van der Waals surface area contributed by atoms with Gasteiger partial charge in [0.2, 0.25) is 5.89 Å². The maximum Gasteiger partial charge on any atom is 0.303 e. The third kappa shape index (κ3) is 7.67. The largest absolute Gasteiger partial charge is 0.493 e. The number of hydrogen-bond acceptors (Lipinski definition) is 5. The van der Waals surface area contributed by atoms with E-state index in [0.717, 1.165) is 36.1 Å². The lowest BCUT2D eigenvalue weighted by Crippen LogP contribution is -2.12. The van der Waals surface area contributed by atoms with Gasteiger partial charge in [0.15, 0.2) is 0 Å². The van der Waals surface area contributed by atoms with E-state index in [4.69, 9.17) is 19.0 Å². The molecule has 0 radical (unpaired) electrons. The van der Waals surface area contributed by atoms with E-state index in [0.29, 0.717) is 49.4 Å². The zero-order valence-corrected chi connectivity index (χ0v) is 19.5. The fourth-order valence-electron chi connectivity index (χ4n) is 3.64. The van der Waals surface area contributed by atoms with Gasteiger partial charge in [-0.15, -0.1) is 0 Å². The van der Waals surface area contributed by atoms with Crippen molar-refractivity contribution in [2.75, 3.05) is 13.2 Å². The molecular weight excluding hydrogens is 418 g/mol. The summed E-state index contributed by atoms with van der Waals surface area (Å²) in [6.45, 7) is 5.41. The molecule has 2 aromatic carbocycles. The third-order valence-corrected chi connectivity index (χ3v) is 5.60. The normalized spacial score (nSPS) is 11.8. The fourth-order valence-corrected chi connectivity index (χ4v) is 3.64. The second kappa shape index (κ2) is 12.7. The summed E-state index contributed by atoms with van der Waals surface area (Å²) in [6, 6.07) is 15.4. The quantitative estimate of drug-likeness (QED) is 0.315. The van der Waals surface area contributed by atoms with Crippen molar-refractivity contribution in [1.29, 1.82) is 0 Å². The summed E-state index contributed by atoms with van der Waals surface area (Å²) in [5, 5.41) is 9.07. The molecule has 0 aliphatic heterocycles. The van der Waals surface area contributed by atoms with Gasteiger partial charge in [-0.2, -0.15) is 0 Å². The van der Waals surface area contributed by atoms with Crippen molar-refractivity contribution in [3.8, 4) is 23.0 Å². The molecule has 0 fully saturated rings. The minimum Gasteiger partial charge on any atom is -0.493 e. The van der Waals surface area contributed by atoms with Gasteiger partial charge in [-0.1, -0.05) is 51.0 Å². The van der Waals surface area contributed by atoms with Crippen LogP contribution in [0.1, 0.15) is 50.8 Å². The number of benzene rings is 2. The molecule has 0 saturated carbocycles.